The fourth-order valence-electron chi connectivity index (χ4n) is 1.01. The topological polar surface area (TPSA) is 26.3 Å². The number of hydrogen-bond acceptors (Lipinski definition) is 4. The molecule has 0 unspecified atom stereocenters. The van der Waals surface area contributed by atoms with Crippen LogP contribution in [0.5, 0.6) is 0 Å². The molecular formula is C10H10O2S2. The highest BCUT2D eigenvalue weighted by Gasteiger charge is 2.03. The number of hydrogen-bond donors (Lipinski definition) is 0. The van der Waals surface area contributed by atoms with Gasteiger partial charge in [-0.05, 0) is 25.1 Å². The molecule has 2 aromatic heterocycles. The zero-order valence-electron chi connectivity index (χ0n) is 7.73. The summed E-state index contributed by atoms with van der Waals surface area (Å²) < 4.78 is 10.4. The third kappa shape index (κ3) is 2.39. The first-order valence-electron chi connectivity index (χ1n) is 4.22. The van der Waals surface area contributed by atoms with Gasteiger partial charge < -0.3 is 8.83 Å². The van der Waals surface area contributed by atoms with Crippen LogP contribution in [0.4, 0.5) is 0 Å². The Balaban J connectivity index is 1.81. The molecule has 0 aliphatic carbocycles. The van der Waals surface area contributed by atoms with Crippen LogP contribution in [0.2, 0.25) is 0 Å². The van der Waals surface area contributed by atoms with Crippen LogP contribution in [0.1, 0.15) is 11.5 Å². The first-order chi connectivity index (χ1) is 6.86. The molecule has 14 heavy (non-hydrogen) atoms. The maximum Gasteiger partial charge on any atom is 0.115 e. The van der Waals surface area contributed by atoms with E-state index in [1.54, 1.807) is 34.1 Å². The van der Waals surface area contributed by atoms with E-state index in [1.807, 2.05) is 25.1 Å². The first-order valence-corrected chi connectivity index (χ1v) is 6.54. The second-order valence-corrected chi connectivity index (χ2v) is 5.10. The molecular weight excluding hydrogens is 216 g/mol. The molecule has 2 nitrogen and oxygen atoms in total. The zero-order valence-corrected chi connectivity index (χ0v) is 9.36. The minimum atomic E-state index is 0.877. The predicted octanol–water partition coefficient (Wildman–Crippen LogP) is 4.12. The Morgan fingerprint density at radius 2 is 2.14 bits per heavy atom. The molecule has 0 N–H and O–H groups in total. The van der Waals surface area contributed by atoms with Crippen molar-refractivity contribution >= 4 is 21.6 Å². The second kappa shape index (κ2) is 4.66. The average Bonchev–Trinajstić information content (AvgIpc) is 2.78. The summed E-state index contributed by atoms with van der Waals surface area (Å²) in [5.74, 6) is 2.85. The zero-order chi connectivity index (χ0) is 9.80. The summed E-state index contributed by atoms with van der Waals surface area (Å²) in [4.78, 5) is 1.18. The summed E-state index contributed by atoms with van der Waals surface area (Å²) in [6.45, 7) is 1.97. The van der Waals surface area contributed by atoms with Gasteiger partial charge in [0.2, 0.25) is 0 Å². The lowest BCUT2D eigenvalue weighted by Gasteiger charge is -1.96. The molecule has 4 heteroatoms. The molecule has 0 atom stereocenters. The van der Waals surface area contributed by atoms with E-state index >= 15 is 0 Å². The summed E-state index contributed by atoms with van der Waals surface area (Å²) in [5.41, 5.74) is 0. The molecule has 0 saturated carbocycles. The minimum absolute atomic E-state index is 0.877. The standard InChI is InChI=1S/C10H10O2S2/c1-8-10(4-6-11-8)14-13-7-9-3-2-5-12-9/h2-6H,7H2,1H3. The van der Waals surface area contributed by atoms with E-state index in [1.165, 1.54) is 4.90 Å². The Labute approximate surface area is 90.5 Å². The van der Waals surface area contributed by atoms with Crippen molar-refractivity contribution < 1.29 is 8.83 Å². The molecule has 0 saturated heterocycles. The molecule has 74 valence electrons. The van der Waals surface area contributed by atoms with E-state index in [9.17, 15) is 0 Å². The highest BCUT2D eigenvalue weighted by Crippen LogP contribution is 2.35. The monoisotopic (exact) mass is 226 g/mol. The minimum Gasteiger partial charge on any atom is -0.468 e. The molecule has 2 aromatic rings. The van der Waals surface area contributed by atoms with Gasteiger partial charge in [0, 0.05) is 0 Å². The lowest BCUT2D eigenvalue weighted by molar-refractivity contribution is 0.527. The summed E-state index contributed by atoms with van der Waals surface area (Å²) in [7, 11) is 3.46. The van der Waals surface area contributed by atoms with Crippen molar-refractivity contribution in [2.45, 2.75) is 17.6 Å². The summed E-state index contributed by atoms with van der Waals surface area (Å²) in [6, 6.07) is 5.87. The Hall–Kier alpha value is -0.740. The van der Waals surface area contributed by atoms with E-state index in [4.69, 9.17) is 8.83 Å². The van der Waals surface area contributed by atoms with Crippen LogP contribution in [0.25, 0.3) is 0 Å². The highest BCUT2D eigenvalue weighted by atomic mass is 33.1. The van der Waals surface area contributed by atoms with Gasteiger partial charge >= 0.3 is 0 Å². The van der Waals surface area contributed by atoms with Crippen LogP contribution >= 0.6 is 21.6 Å². The normalized spacial score (nSPS) is 10.6. The van der Waals surface area contributed by atoms with Crippen LogP contribution in [0.3, 0.4) is 0 Å². The van der Waals surface area contributed by atoms with Crippen molar-refractivity contribution in [1.82, 2.24) is 0 Å². The molecule has 0 amide bonds. The maximum atomic E-state index is 5.23. The molecule has 2 heterocycles. The van der Waals surface area contributed by atoms with Crippen LogP contribution in [0, 0.1) is 6.92 Å². The van der Waals surface area contributed by atoms with E-state index in [2.05, 4.69) is 0 Å². The highest BCUT2D eigenvalue weighted by molar-refractivity contribution is 8.76. The van der Waals surface area contributed by atoms with Crippen molar-refractivity contribution in [3.05, 3.63) is 42.2 Å². The second-order valence-electron chi connectivity index (χ2n) is 2.77. The largest absolute Gasteiger partial charge is 0.468 e. The Bertz CT molecular complexity index is 378. The molecule has 0 bridgehead atoms. The van der Waals surface area contributed by atoms with Gasteiger partial charge in [0.1, 0.15) is 11.5 Å². The van der Waals surface area contributed by atoms with Crippen LogP contribution in [-0.2, 0) is 5.75 Å². The van der Waals surface area contributed by atoms with Gasteiger partial charge in [-0.1, -0.05) is 21.6 Å². The Kier molecular flexibility index (Phi) is 3.26. The Morgan fingerprint density at radius 3 is 2.79 bits per heavy atom. The average molecular weight is 226 g/mol. The SMILES string of the molecule is Cc1occc1SSCc1ccco1. The third-order valence-electron chi connectivity index (χ3n) is 1.74. The summed E-state index contributed by atoms with van der Waals surface area (Å²) in [6.07, 6.45) is 3.41. The van der Waals surface area contributed by atoms with Gasteiger partial charge in [0.05, 0.1) is 23.2 Å². The third-order valence-corrected chi connectivity index (χ3v) is 4.11. The van der Waals surface area contributed by atoms with Crippen LogP contribution in [0.15, 0.2) is 44.5 Å². The Morgan fingerprint density at radius 1 is 1.21 bits per heavy atom. The molecule has 0 aliphatic rings. The molecule has 0 fully saturated rings. The number of aryl methyl sites for hydroxylation is 1. The van der Waals surface area contributed by atoms with Gasteiger partial charge in [-0.25, -0.2) is 0 Å². The number of furan rings is 2. The van der Waals surface area contributed by atoms with E-state index in [0.29, 0.717) is 0 Å². The molecule has 0 radical (unpaired) electrons. The summed E-state index contributed by atoms with van der Waals surface area (Å²) in [5, 5.41) is 0. The van der Waals surface area contributed by atoms with Gasteiger partial charge in [0.25, 0.3) is 0 Å². The molecule has 0 aliphatic heterocycles. The fraction of sp³-hybridized carbons (Fsp3) is 0.200. The van der Waals surface area contributed by atoms with Crippen molar-refractivity contribution in [2.24, 2.45) is 0 Å². The lowest BCUT2D eigenvalue weighted by atomic mass is 10.5. The van der Waals surface area contributed by atoms with E-state index in [-0.39, 0.29) is 0 Å². The summed E-state index contributed by atoms with van der Waals surface area (Å²) >= 11 is 0. The van der Waals surface area contributed by atoms with Gasteiger partial charge in [-0.15, -0.1) is 0 Å². The molecule has 0 spiro atoms. The molecule has 0 aromatic carbocycles. The smallest absolute Gasteiger partial charge is 0.115 e. The van der Waals surface area contributed by atoms with Crippen LogP contribution in [-0.4, -0.2) is 0 Å². The fourth-order valence-corrected chi connectivity index (χ4v) is 3.17. The predicted molar refractivity (Wildman–Crippen MR) is 59.3 cm³/mol. The van der Waals surface area contributed by atoms with Crippen molar-refractivity contribution in [1.29, 1.82) is 0 Å². The van der Waals surface area contributed by atoms with Gasteiger partial charge in [0.15, 0.2) is 0 Å². The first kappa shape index (κ1) is 9.80. The van der Waals surface area contributed by atoms with E-state index in [0.717, 1.165) is 17.3 Å². The maximum absolute atomic E-state index is 5.23. The van der Waals surface area contributed by atoms with Crippen molar-refractivity contribution in [3.8, 4) is 0 Å². The van der Waals surface area contributed by atoms with Crippen molar-refractivity contribution in [3.63, 3.8) is 0 Å². The number of rotatable bonds is 4. The van der Waals surface area contributed by atoms with Crippen molar-refractivity contribution in [2.75, 3.05) is 0 Å². The van der Waals surface area contributed by atoms with Crippen LogP contribution < -0.4 is 0 Å². The quantitative estimate of drug-likeness (QED) is 0.732. The van der Waals surface area contributed by atoms with Gasteiger partial charge in [-0.2, -0.15) is 0 Å². The lowest BCUT2D eigenvalue weighted by Crippen LogP contribution is -1.71. The molecule has 2 rings (SSSR count). The van der Waals surface area contributed by atoms with E-state index < -0.39 is 0 Å². The van der Waals surface area contributed by atoms with Gasteiger partial charge in [-0.3, -0.25) is 0 Å².